The van der Waals surface area contributed by atoms with Gasteiger partial charge in [0, 0.05) is 23.7 Å². The van der Waals surface area contributed by atoms with Crippen LogP contribution >= 0.6 is 0 Å². The maximum Gasteiger partial charge on any atom is 0.416 e. The SMILES string of the molecule is COc1ccc(-c2nc(-c3ccc(OC)cc3)n(C)c2-c2ccc(C(F)(F)F)cc2)cc1. The van der Waals surface area contributed by atoms with Crippen molar-refractivity contribution >= 4 is 0 Å². The summed E-state index contributed by atoms with van der Waals surface area (Å²) in [5, 5.41) is 0. The van der Waals surface area contributed by atoms with Crippen molar-refractivity contribution in [3.63, 3.8) is 0 Å². The van der Waals surface area contributed by atoms with E-state index in [1.807, 2.05) is 60.1 Å². The van der Waals surface area contributed by atoms with Crippen LogP contribution in [0.25, 0.3) is 33.9 Å². The highest BCUT2D eigenvalue weighted by atomic mass is 19.4. The van der Waals surface area contributed by atoms with Crippen molar-refractivity contribution in [1.82, 2.24) is 9.55 Å². The van der Waals surface area contributed by atoms with Gasteiger partial charge < -0.3 is 14.0 Å². The molecule has 164 valence electrons. The number of alkyl halides is 3. The van der Waals surface area contributed by atoms with Gasteiger partial charge in [0.2, 0.25) is 0 Å². The summed E-state index contributed by atoms with van der Waals surface area (Å²) in [6.45, 7) is 0. The second-order valence-electron chi connectivity index (χ2n) is 7.22. The minimum Gasteiger partial charge on any atom is -0.497 e. The van der Waals surface area contributed by atoms with Gasteiger partial charge in [0.15, 0.2) is 0 Å². The first-order valence-electron chi connectivity index (χ1n) is 9.85. The van der Waals surface area contributed by atoms with E-state index in [0.29, 0.717) is 22.8 Å². The van der Waals surface area contributed by atoms with Gasteiger partial charge in [0.1, 0.15) is 17.3 Å². The fourth-order valence-electron chi connectivity index (χ4n) is 3.59. The lowest BCUT2D eigenvalue weighted by Gasteiger charge is -2.11. The van der Waals surface area contributed by atoms with Crippen LogP contribution in [0.4, 0.5) is 13.2 Å². The van der Waals surface area contributed by atoms with Crippen molar-refractivity contribution in [2.75, 3.05) is 14.2 Å². The Morgan fingerprint density at radius 2 is 1.16 bits per heavy atom. The smallest absolute Gasteiger partial charge is 0.416 e. The molecule has 1 heterocycles. The van der Waals surface area contributed by atoms with Crippen molar-refractivity contribution in [2.45, 2.75) is 6.18 Å². The number of ether oxygens (including phenoxy) is 2. The maximum atomic E-state index is 13.1. The van der Waals surface area contributed by atoms with Gasteiger partial charge in [0.25, 0.3) is 0 Å². The van der Waals surface area contributed by atoms with Crippen molar-refractivity contribution in [2.24, 2.45) is 7.05 Å². The van der Waals surface area contributed by atoms with E-state index < -0.39 is 11.7 Å². The molecule has 7 heteroatoms. The highest BCUT2D eigenvalue weighted by Crippen LogP contribution is 2.38. The van der Waals surface area contributed by atoms with Crippen molar-refractivity contribution < 1.29 is 22.6 Å². The predicted octanol–water partition coefficient (Wildman–Crippen LogP) is 6.46. The first-order valence-corrected chi connectivity index (χ1v) is 9.85. The average Bonchev–Trinajstić information content (AvgIpc) is 3.15. The second kappa shape index (κ2) is 8.42. The Balaban J connectivity index is 1.88. The summed E-state index contributed by atoms with van der Waals surface area (Å²) in [6, 6.07) is 20.0. The number of nitrogens with zero attached hydrogens (tertiary/aromatic N) is 2. The van der Waals surface area contributed by atoms with Crippen LogP contribution in [-0.2, 0) is 13.2 Å². The van der Waals surface area contributed by atoms with Crippen LogP contribution in [0, 0.1) is 0 Å². The normalized spacial score (nSPS) is 11.4. The molecule has 0 amide bonds. The number of imidazole rings is 1. The van der Waals surface area contributed by atoms with E-state index in [-0.39, 0.29) is 0 Å². The molecule has 3 aromatic carbocycles. The molecule has 4 aromatic rings. The van der Waals surface area contributed by atoms with E-state index in [4.69, 9.17) is 14.5 Å². The van der Waals surface area contributed by atoms with Crippen molar-refractivity contribution in [3.8, 4) is 45.4 Å². The number of hydrogen-bond acceptors (Lipinski definition) is 3. The predicted molar refractivity (Wildman–Crippen MR) is 118 cm³/mol. The average molecular weight is 438 g/mol. The molecule has 0 aliphatic carbocycles. The van der Waals surface area contributed by atoms with E-state index in [2.05, 4.69) is 0 Å². The van der Waals surface area contributed by atoms with Gasteiger partial charge in [-0.25, -0.2) is 4.98 Å². The number of methoxy groups -OCH3 is 2. The van der Waals surface area contributed by atoms with E-state index in [9.17, 15) is 13.2 Å². The van der Waals surface area contributed by atoms with Crippen LogP contribution < -0.4 is 9.47 Å². The number of hydrogen-bond donors (Lipinski definition) is 0. The van der Waals surface area contributed by atoms with Crippen molar-refractivity contribution in [3.05, 3.63) is 78.4 Å². The molecule has 0 radical (unpaired) electrons. The van der Waals surface area contributed by atoms with E-state index in [0.717, 1.165) is 34.7 Å². The Hall–Kier alpha value is -3.74. The Morgan fingerprint density at radius 1 is 0.688 bits per heavy atom. The molecule has 32 heavy (non-hydrogen) atoms. The Labute approximate surface area is 183 Å². The zero-order chi connectivity index (χ0) is 22.9. The molecule has 0 bridgehead atoms. The molecule has 0 saturated heterocycles. The molecule has 4 nitrogen and oxygen atoms in total. The van der Waals surface area contributed by atoms with Crippen LogP contribution in [0.3, 0.4) is 0 Å². The minimum atomic E-state index is -4.39. The molecular formula is C25H21F3N2O2. The summed E-state index contributed by atoms with van der Waals surface area (Å²) in [7, 11) is 5.04. The Bertz CT molecular complexity index is 1210. The summed E-state index contributed by atoms with van der Waals surface area (Å²) in [5.74, 6) is 2.12. The van der Waals surface area contributed by atoms with Crippen molar-refractivity contribution in [1.29, 1.82) is 0 Å². The lowest BCUT2D eigenvalue weighted by Crippen LogP contribution is -2.04. The Kier molecular flexibility index (Phi) is 5.65. The summed E-state index contributed by atoms with van der Waals surface area (Å²) < 4.78 is 51.6. The molecule has 0 atom stereocenters. The first kappa shape index (κ1) is 21.5. The molecule has 0 saturated carbocycles. The summed E-state index contributed by atoms with van der Waals surface area (Å²) >= 11 is 0. The first-order chi connectivity index (χ1) is 15.3. The van der Waals surface area contributed by atoms with Gasteiger partial charge in [-0.2, -0.15) is 13.2 Å². The van der Waals surface area contributed by atoms with Gasteiger partial charge in [-0.05, 0) is 60.7 Å². The Morgan fingerprint density at radius 3 is 1.62 bits per heavy atom. The quantitative estimate of drug-likeness (QED) is 0.359. The lowest BCUT2D eigenvalue weighted by atomic mass is 10.0. The standard InChI is InChI=1S/C25H21F3N2O2/c1-30-23(17-4-10-19(11-5-17)25(26,27)28)22(16-6-12-20(31-2)13-7-16)29-24(30)18-8-14-21(32-3)15-9-18/h4-15H,1-3H3. The zero-order valence-electron chi connectivity index (χ0n) is 17.8. The molecule has 0 N–H and O–H groups in total. The summed E-state index contributed by atoms with van der Waals surface area (Å²) in [5.41, 5.74) is 3.02. The topological polar surface area (TPSA) is 36.3 Å². The third-order valence-electron chi connectivity index (χ3n) is 5.29. The molecule has 0 fully saturated rings. The maximum absolute atomic E-state index is 13.1. The van der Waals surface area contributed by atoms with E-state index in [1.165, 1.54) is 12.1 Å². The lowest BCUT2D eigenvalue weighted by molar-refractivity contribution is -0.137. The molecule has 4 rings (SSSR count). The fourth-order valence-corrected chi connectivity index (χ4v) is 3.59. The third kappa shape index (κ3) is 4.06. The monoisotopic (exact) mass is 438 g/mol. The molecule has 1 aromatic heterocycles. The van der Waals surface area contributed by atoms with Crippen LogP contribution in [-0.4, -0.2) is 23.8 Å². The van der Waals surface area contributed by atoms with Gasteiger partial charge >= 0.3 is 6.18 Å². The molecule has 0 spiro atoms. The third-order valence-corrected chi connectivity index (χ3v) is 5.29. The number of rotatable bonds is 5. The van der Waals surface area contributed by atoms with E-state index >= 15 is 0 Å². The van der Waals surface area contributed by atoms with Crippen LogP contribution in [0.5, 0.6) is 11.5 Å². The summed E-state index contributed by atoms with van der Waals surface area (Å²) in [4.78, 5) is 4.87. The minimum absolute atomic E-state index is 0.638. The van der Waals surface area contributed by atoms with Gasteiger partial charge in [-0.1, -0.05) is 12.1 Å². The number of aromatic nitrogens is 2. The van der Waals surface area contributed by atoms with Gasteiger partial charge in [-0.15, -0.1) is 0 Å². The number of halogens is 3. The molecule has 0 aliphatic rings. The largest absolute Gasteiger partial charge is 0.497 e. The second-order valence-corrected chi connectivity index (χ2v) is 7.22. The van der Waals surface area contributed by atoms with Gasteiger partial charge in [-0.3, -0.25) is 0 Å². The number of benzene rings is 3. The fraction of sp³-hybridized carbons (Fsp3) is 0.160. The van der Waals surface area contributed by atoms with Crippen LogP contribution in [0.2, 0.25) is 0 Å². The highest BCUT2D eigenvalue weighted by Gasteiger charge is 2.30. The molecule has 0 unspecified atom stereocenters. The zero-order valence-corrected chi connectivity index (χ0v) is 17.8. The highest BCUT2D eigenvalue weighted by molar-refractivity contribution is 5.82. The molecular weight excluding hydrogens is 417 g/mol. The van der Waals surface area contributed by atoms with Crippen LogP contribution in [0.1, 0.15) is 5.56 Å². The van der Waals surface area contributed by atoms with Gasteiger partial charge in [0.05, 0.1) is 31.2 Å². The van der Waals surface area contributed by atoms with E-state index in [1.54, 1.807) is 14.2 Å². The molecule has 0 aliphatic heterocycles. The van der Waals surface area contributed by atoms with Crippen LogP contribution in [0.15, 0.2) is 72.8 Å². The summed E-state index contributed by atoms with van der Waals surface area (Å²) in [6.07, 6.45) is -4.39.